The molecular weight excluding hydrogens is 174 g/mol. The molecule has 1 aromatic heterocycles. The molecule has 0 unspecified atom stereocenters. The molecule has 0 amide bonds. The van der Waals surface area contributed by atoms with Crippen molar-refractivity contribution in [2.24, 2.45) is 16.7 Å². The Morgan fingerprint density at radius 2 is 2.31 bits per heavy atom. The third kappa shape index (κ3) is 1.89. The van der Waals surface area contributed by atoms with Gasteiger partial charge in [-0.05, 0) is 22.0 Å². The Balaban J connectivity index is 3.13. The monoisotopic (exact) mass is 181 g/mol. The molecule has 1 heterocycles. The van der Waals surface area contributed by atoms with Crippen molar-refractivity contribution in [2.75, 3.05) is 0 Å². The van der Waals surface area contributed by atoms with Crippen molar-refractivity contribution in [2.45, 2.75) is 0 Å². The molecule has 0 radical (unpaired) electrons. The van der Waals surface area contributed by atoms with E-state index < -0.39 is 4.92 Å². The standard InChI is InChI=1S/C6H7N5O2/c7-6(10-8)4-2-1-3-5(9-4)11(12)13/h1-3H,8H2,(H2,7,10). The average Bonchev–Trinajstić information content (AvgIpc) is 2.17. The highest BCUT2D eigenvalue weighted by atomic mass is 16.6. The first-order chi connectivity index (χ1) is 6.15. The maximum Gasteiger partial charge on any atom is 0.364 e. The van der Waals surface area contributed by atoms with Gasteiger partial charge in [0.15, 0.2) is 5.84 Å². The highest BCUT2D eigenvalue weighted by Crippen LogP contribution is 2.06. The van der Waals surface area contributed by atoms with Gasteiger partial charge in [-0.1, -0.05) is 0 Å². The average molecular weight is 181 g/mol. The molecule has 0 spiro atoms. The van der Waals surface area contributed by atoms with E-state index in [4.69, 9.17) is 11.6 Å². The molecule has 0 aliphatic heterocycles. The van der Waals surface area contributed by atoms with E-state index in [9.17, 15) is 10.1 Å². The Kier molecular flexibility index (Phi) is 2.38. The SMILES string of the molecule is N/N=C(\N)c1cccc([N+](=O)[O-])n1. The molecule has 0 fully saturated rings. The summed E-state index contributed by atoms with van der Waals surface area (Å²) in [6.45, 7) is 0. The van der Waals surface area contributed by atoms with Crippen LogP contribution in [0.3, 0.4) is 0 Å². The molecule has 7 nitrogen and oxygen atoms in total. The van der Waals surface area contributed by atoms with Crippen LogP contribution in [0.15, 0.2) is 23.3 Å². The minimum atomic E-state index is -0.618. The number of pyridine rings is 1. The normalized spacial score (nSPS) is 11.2. The van der Waals surface area contributed by atoms with Gasteiger partial charge >= 0.3 is 5.82 Å². The molecule has 1 rings (SSSR count). The van der Waals surface area contributed by atoms with E-state index in [2.05, 4.69) is 10.1 Å². The van der Waals surface area contributed by atoms with Crippen LogP contribution in [0, 0.1) is 10.1 Å². The van der Waals surface area contributed by atoms with Crippen molar-refractivity contribution in [3.63, 3.8) is 0 Å². The van der Waals surface area contributed by atoms with Crippen LogP contribution in [0.2, 0.25) is 0 Å². The number of nitro groups is 1. The Labute approximate surface area is 73.2 Å². The summed E-state index contributed by atoms with van der Waals surface area (Å²) in [5, 5.41) is 13.5. The second-order valence-corrected chi connectivity index (χ2v) is 2.15. The molecule has 7 heteroatoms. The van der Waals surface area contributed by atoms with Gasteiger partial charge in [0.1, 0.15) is 0 Å². The Bertz CT molecular complexity index is 362. The summed E-state index contributed by atoms with van der Waals surface area (Å²) in [5.74, 6) is 4.56. The fourth-order valence-electron chi connectivity index (χ4n) is 0.734. The van der Waals surface area contributed by atoms with Gasteiger partial charge in [-0.2, -0.15) is 5.10 Å². The Morgan fingerprint density at radius 1 is 1.62 bits per heavy atom. The molecule has 0 bridgehead atoms. The second kappa shape index (κ2) is 3.48. The lowest BCUT2D eigenvalue weighted by Gasteiger charge is -1.94. The van der Waals surface area contributed by atoms with Gasteiger partial charge < -0.3 is 21.7 Å². The predicted molar refractivity (Wildman–Crippen MR) is 45.8 cm³/mol. The Hall–Kier alpha value is -2.18. The molecule has 68 valence electrons. The van der Waals surface area contributed by atoms with Gasteiger partial charge in [0.2, 0.25) is 5.69 Å². The topological polar surface area (TPSA) is 120 Å². The Morgan fingerprint density at radius 3 is 2.85 bits per heavy atom. The van der Waals surface area contributed by atoms with Crippen molar-refractivity contribution in [3.05, 3.63) is 34.0 Å². The summed E-state index contributed by atoms with van der Waals surface area (Å²) >= 11 is 0. The quantitative estimate of drug-likeness (QED) is 0.211. The maximum atomic E-state index is 10.3. The van der Waals surface area contributed by atoms with Crippen molar-refractivity contribution in [3.8, 4) is 0 Å². The lowest BCUT2D eigenvalue weighted by Crippen LogP contribution is -2.17. The van der Waals surface area contributed by atoms with Crippen LogP contribution in [0.5, 0.6) is 0 Å². The number of aromatic nitrogens is 1. The summed E-state index contributed by atoms with van der Waals surface area (Å²) in [5.41, 5.74) is 5.49. The smallest absolute Gasteiger partial charge is 0.364 e. The number of nitrogens with two attached hydrogens (primary N) is 2. The van der Waals surface area contributed by atoms with Crippen LogP contribution in [0.25, 0.3) is 0 Å². The molecule has 0 aromatic carbocycles. The highest BCUT2D eigenvalue weighted by molar-refractivity contribution is 5.95. The molecule has 0 aliphatic rings. The summed E-state index contributed by atoms with van der Waals surface area (Å²) in [6.07, 6.45) is 0. The second-order valence-electron chi connectivity index (χ2n) is 2.15. The molecule has 0 aliphatic carbocycles. The lowest BCUT2D eigenvalue weighted by atomic mass is 10.3. The van der Waals surface area contributed by atoms with Crippen molar-refractivity contribution in [1.82, 2.24) is 4.98 Å². The molecule has 0 atom stereocenters. The van der Waals surface area contributed by atoms with E-state index in [1.807, 2.05) is 0 Å². The van der Waals surface area contributed by atoms with E-state index >= 15 is 0 Å². The third-order valence-corrected chi connectivity index (χ3v) is 1.32. The van der Waals surface area contributed by atoms with Crippen LogP contribution in [0.4, 0.5) is 5.82 Å². The zero-order valence-corrected chi connectivity index (χ0v) is 6.54. The van der Waals surface area contributed by atoms with Crippen LogP contribution in [-0.2, 0) is 0 Å². The third-order valence-electron chi connectivity index (χ3n) is 1.32. The zero-order chi connectivity index (χ0) is 9.84. The molecule has 0 saturated carbocycles. The summed E-state index contributed by atoms with van der Waals surface area (Å²) in [7, 11) is 0. The van der Waals surface area contributed by atoms with Gasteiger partial charge in [-0.3, -0.25) is 0 Å². The molecule has 13 heavy (non-hydrogen) atoms. The van der Waals surface area contributed by atoms with Crippen LogP contribution < -0.4 is 11.6 Å². The minimum Gasteiger partial charge on any atom is -0.379 e. The van der Waals surface area contributed by atoms with E-state index in [-0.39, 0.29) is 17.3 Å². The van der Waals surface area contributed by atoms with Gasteiger partial charge in [0.05, 0.1) is 0 Å². The van der Waals surface area contributed by atoms with E-state index in [1.54, 1.807) is 0 Å². The molecular formula is C6H7N5O2. The largest absolute Gasteiger partial charge is 0.379 e. The van der Waals surface area contributed by atoms with Crippen molar-refractivity contribution in [1.29, 1.82) is 0 Å². The number of hydrazone groups is 1. The molecule has 4 N–H and O–H groups in total. The van der Waals surface area contributed by atoms with E-state index in [0.717, 1.165) is 0 Å². The number of hydrogen-bond acceptors (Lipinski definition) is 5. The van der Waals surface area contributed by atoms with Crippen molar-refractivity contribution >= 4 is 11.7 Å². The first-order valence-corrected chi connectivity index (χ1v) is 3.30. The van der Waals surface area contributed by atoms with E-state index in [0.29, 0.717) is 0 Å². The maximum absolute atomic E-state index is 10.3. The number of amidine groups is 1. The van der Waals surface area contributed by atoms with Gasteiger partial charge in [-0.15, -0.1) is 0 Å². The van der Waals surface area contributed by atoms with Crippen molar-refractivity contribution < 1.29 is 4.92 Å². The van der Waals surface area contributed by atoms with E-state index in [1.165, 1.54) is 18.2 Å². The van der Waals surface area contributed by atoms with Crippen LogP contribution in [0.1, 0.15) is 5.69 Å². The minimum absolute atomic E-state index is 0.0382. The fraction of sp³-hybridized carbons (Fsp3) is 0. The number of nitrogens with zero attached hydrogens (tertiary/aromatic N) is 3. The number of hydrogen-bond donors (Lipinski definition) is 2. The highest BCUT2D eigenvalue weighted by Gasteiger charge is 2.11. The predicted octanol–water partition coefficient (Wildman–Crippen LogP) is -0.431. The first kappa shape index (κ1) is 8.91. The lowest BCUT2D eigenvalue weighted by molar-refractivity contribution is -0.389. The van der Waals surface area contributed by atoms with Crippen LogP contribution >= 0.6 is 0 Å². The zero-order valence-electron chi connectivity index (χ0n) is 6.54. The first-order valence-electron chi connectivity index (χ1n) is 3.30. The summed E-state index contributed by atoms with van der Waals surface area (Å²) in [6, 6.07) is 4.20. The van der Waals surface area contributed by atoms with Crippen LogP contribution in [-0.4, -0.2) is 15.7 Å². The van der Waals surface area contributed by atoms with Gasteiger partial charge in [-0.25, -0.2) is 0 Å². The fourth-order valence-corrected chi connectivity index (χ4v) is 0.734. The number of rotatable bonds is 2. The summed E-state index contributed by atoms with van der Waals surface area (Å²) < 4.78 is 0. The van der Waals surface area contributed by atoms with Gasteiger partial charge in [0, 0.05) is 6.07 Å². The van der Waals surface area contributed by atoms with Gasteiger partial charge in [0.25, 0.3) is 0 Å². The molecule has 0 saturated heterocycles. The summed E-state index contributed by atoms with van der Waals surface area (Å²) in [4.78, 5) is 13.3. The molecule has 1 aromatic rings.